The van der Waals surface area contributed by atoms with Gasteiger partial charge < -0.3 is 14.6 Å². The van der Waals surface area contributed by atoms with Crippen LogP contribution in [0, 0.1) is 0 Å². The fraction of sp³-hybridized carbons (Fsp3) is 0.600. The number of aliphatic carboxylic acids is 1. The third-order valence-electron chi connectivity index (χ3n) is 2.64. The summed E-state index contributed by atoms with van der Waals surface area (Å²) in [6.07, 6.45) is 1.34. The van der Waals surface area contributed by atoms with Gasteiger partial charge >= 0.3 is 5.97 Å². The van der Waals surface area contributed by atoms with Crippen molar-refractivity contribution in [3.63, 3.8) is 0 Å². The molecule has 0 aliphatic carbocycles. The van der Waals surface area contributed by atoms with Crippen LogP contribution in [0.3, 0.4) is 0 Å². The van der Waals surface area contributed by atoms with Crippen molar-refractivity contribution >= 4 is 12.3 Å². The Labute approximate surface area is 82.6 Å². The van der Waals surface area contributed by atoms with Crippen molar-refractivity contribution in [2.75, 3.05) is 0 Å². The van der Waals surface area contributed by atoms with Crippen LogP contribution in [0.5, 0.6) is 0 Å². The Kier molecular flexibility index (Phi) is 2.50. The van der Waals surface area contributed by atoms with Crippen LogP contribution >= 0.6 is 0 Å². The van der Waals surface area contributed by atoms with Gasteiger partial charge in [-0.25, -0.2) is 4.79 Å². The van der Waals surface area contributed by atoms with E-state index in [9.17, 15) is 9.59 Å². The highest BCUT2D eigenvalue weighted by atomic mass is 16.6. The first kappa shape index (κ1) is 10.9. The quantitative estimate of drug-likeness (QED) is 0.546. The number of carboxylic acid groups (broad SMARTS) is 1. The summed E-state index contributed by atoms with van der Waals surface area (Å²) in [5.41, 5.74) is -1.56. The van der Waals surface area contributed by atoms with Gasteiger partial charge in [0.2, 0.25) is 0 Å². The molecule has 1 fully saturated rings. The molecule has 1 saturated heterocycles. The smallest absolute Gasteiger partial charge is 0.340 e. The summed E-state index contributed by atoms with van der Waals surface area (Å²) in [5, 5.41) is 8.97. The third kappa shape index (κ3) is 1.57. The number of carboxylic acids is 1. The number of hydrogen-bond acceptors (Lipinski definition) is 3. The molecule has 78 valence electrons. The molecule has 4 nitrogen and oxygen atoms in total. The van der Waals surface area contributed by atoms with Crippen molar-refractivity contribution < 1.29 is 19.4 Å². The Morgan fingerprint density at radius 1 is 1.71 bits per heavy atom. The van der Waals surface area contributed by atoms with Crippen LogP contribution < -0.4 is 0 Å². The maximum atomic E-state index is 11.0. The van der Waals surface area contributed by atoms with Gasteiger partial charge in [-0.1, -0.05) is 6.58 Å². The molecular formula is C10H14O4. The molecule has 0 saturated carbocycles. The molecule has 1 rings (SSSR count). The second-order valence-electron chi connectivity index (χ2n) is 4.04. The van der Waals surface area contributed by atoms with E-state index in [0.717, 1.165) is 6.29 Å². The van der Waals surface area contributed by atoms with Gasteiger partial charge in [0.1, 0.15) is 6.29 Å². The van der Waals surface area contributed by atoms with E-state index in [1.807, 2.05) is 0 Å². The molecular weight excluding hydrogens is 184 g/mol. The highest BCUT2D eigenvalue weighted by Gasteiger charge is 2.51. The summed E-state index contributed by atoms with van der Waals surface area (Å²) in [6.45, 7) is 6.87. The maximum absolute atomic E-state index is 11.0. The fourth-order valence-electron chi connectivity index (χ4n) is 1.71. The molecule has 0 radical (unpaired) electrons. The van der Waals surface area contributed by atoms with Crippen LogP contribution in [0.15, 0.2) is 12.2 Å². The SMILES string of the molecule is C=C1C[C@@](C)(CC=O)O[C@@]1(C)C(=O)O. The Morgan fingerprint density at radius 3 is 2.64 bits per heavy atom. The zero-order chi connectivity index (χ0) is 11.0. The van der Waals surface area contributed by atoms with Gasteiger partial charge in [-0.3, -0.25) is 0 Å². The van der Waals surface area contributed by atoms with Gasteiger partial charge in [-0.15, -0.1) is 0 Å². The Bertz CT molecular complexity index is 296. The van der Waals surface area contributed by atoms with Crippen molar-refractivity contribution in [1.29, 1.82) is 0 Å². The first-order valence-corrected chi connectivity index (χ1v) is 4.39. The number of carbonyl (C=O) groups excluding carboxylic acids is 1. The van der Waals surface area contributed by atoms with Gasteiger partial charge in [-0.2, -0.15) is 0 Å². The molecule has 0 amide bonds. The average Bonchev–Trinajstić information content (AvgIpc) is 2.24. The molecule has 2 atom stereocenters. The van der Waals surface area contributed by atoms with Crippen LogP contribution in [0.4, 0.5) is 0 Å². The second-order valence-corrected chi connectivity index (χ2v) is 4.04. The minimum absolute atomic E-state index is 0.189. The zero-order valence-corrected chi connectivity index (χ0v) is 8.37. The van der Waals surface area contributed by atoms with E-state index in [-0.39, 0.29) is 6.42 Å². The van der Waals surface area contributed by atoms with Crippen LogP contribution in [-0.2, 0) is 14.3 Å². The molecule has 1 heterocycles. The summed E-state index contributed by atoms with van der Waals surface area (Å²) < 4.78 is 5.42. The standard InChI is InChI=1S/C10H14O4/c1-7-6-9(2,4-5-11)14-10(7,3)8(12)13/h5H,1,4,6H2,2-3H3,(H,12,13)/t9-,10-/m1/s1. The van der Waals surface area contributed by atoms with E-state index in [1.165, 1.54) is 6.92 Å². The summed E-state index contributed by atoms with van der Waals surface area (Å²) in [4.78, 5) is 21.3. The second kappa shape index (κ2) is 3.20. The predicted octanol–water partition coefficient (Wildman–Crippen LogP) is 1.15. The van der Waals surface area contributed by atoms with E-state index in [2.05, 4.69) is 6.58 Å². The van der Waals surface area contributed by atoms with Crippen molar-refractivity contribution in [3.05, 3.63) is 12.2 Å². The number of hydrogen-bond donors (Lipinski definition) is 1. The Hall–Kier alpha value is -1.16. The minimum Gasteiger partial charge on any atom is -0.479 e. The van der Waals surface area contributed by atoms with Gasteiger partial charge in [0.05, 0.1) is 5.60 Å². The predicted molar refractivity (Wildman–Crippen MR) is 50.0 cm³/mol. The molecule has 0 unspecified atom stereocenters. The lowest BCUT2D eigenvalue weighted by molar-refractivity contribution is -0.166. The van der Waals surface area contributed by atoms with Crippen molar-refractivity contribution in [1.82, 2.24) is 0 Å². The van der Waals surface area contributed by atoms with Crippen LogP contribution in [-0.4, -0.2) is 28.6 Å². The maximum Gasteiger partial charge on any atom is 0.340 e. The van der Waals surface area contributed by atoms with Crippen LogP contribution in [0.2, 0.25) is 0 Å². The number of ether oxygens (including phenoxy) is 1. The van der Waals surface area contributed by atoms with Gasteiger partial charge in [0.25, 0.3) is 0 Å². The molecule has 1 N–H and O–H groups in total. The Morgan fingerprint density at radius 2 is 2.29 bits per heavy atom. The topological polar surface area (TPSA) is 63.6 Å². The van der Waals surface area contributed by atoms with E-state index in [0.29, 0.717) is 12.0 Å². The van der Waals surface area contributed by atoms with Gasteiger partial charge in [0.15, 0.2) is 5.60 Å². The summed E-state index contributed by atoms with van der Waals surface area (Å²) in [7, 11) is 0. The third-order valence-corrected chi connectivity index (χ3v) is 2.64. The molecule has 0 aromatic heterocycles. The van der Waals surface area contributed by atoms with Crippen LogP contribution in [0.1, 0.15) is 26.7 Å². The first-order chi connectivity index (χ1) is 6.34. The largest absolute Gasteiger partial charge is 0.479 e. The molecule has 1 aliphatic heterocycles. The van der Waals surface area contributed by atoms with E-state index in [4.69, 9.17) is 9.84 Å². The average molecular weight is 198 g/mol. The summed E-state index contributed by atoms with van der Waals surface area (Å²) in [6, 6.07) is 0. The zero-order valence-electron chi connectivity index (χ0n) is 8.37. The lowest BCUT2D eigenvalue weighted by atomic mass is 9.92. The number of carbonyl (C=O) groups is 2. The molecule has 0 aromatic carbocycles. The fourth-order valence-corrected chi connectivity index (χ4v) is 1.71. The highest BCUT2D eigenvalue weighted by molar-refractivity contribution is 5.82. The minimum atomic E-state index is -1.35. The van der Waals surface area contributed by atoms with Gasteiger partial charge in [0, 0.05) is 12.8 Å². The number of rotatable bonds is 3. The lowest BCUT2D eigenvalue weighted by Crippen LogP contribution is -2.39. The van der Waals surface area contributed by atoms with Crippen molar-refractivity contribution in [2.45, 2.75) is 37.9 Å². The molecule has 1 aliphatic rings. The number of aldehydes is 1. The normalized spacial score (nSPS) is 37.1. The molecule has 0 spiro atoms. The van der Waals surface area contributed by atoms with Crippen molar-refractivity contribution in [3.8, 4) is 0 Å². The molecule has 14 heavy (non-hydrogen) atoms. The highest BCUT2D eigenvalue weighted by Crippen LogP contribution is 2.42. The monoisotopic (exact) mass is 198 g/mol. The van der Waals surface area contributed by atoms with E-state index >= 15 is 0 Å². The Balaban J connectivity index is 2.93. The summed E-state index contributed by atoms with van der Waals surface area (Å²) >= 11 is 0. The van der Waals surface area contributed by atoms with Crippen LogP contribution in [0.25, 0.3) is 0 Å². The van der Waals surface area contributed by atoms with Crippen molar-refractivity contribution in [2.24, 2.45) is 0 Å². The van der Waals surface area contributed by atoms with E-state index in [1.54, 1.807) is 6.92 Å². The van der Waals surface area contributed by atoms with Gasteiger partial charge in [-0.05, 0) is 19.4 Å². The molecule has 0 bridgehead atoms. The molecule has 0 aromatic rings. The van der Waals surface area contributed by atoms with E-state index < -0.39 is 17.2 Å². The lowest BCUT2D eigenvalue weighted by Gasteiger charge is -2.25. The molecule has 4 heteroatoms. The first-order valence-electron chi connectivity index (χ1n) is 4.39. The summed E-state index contributed by atoms with van der Waals surface area (Å²) in [5.74, 6) is -1.06.